The molecule has 5 rings (SSSR count). The van der Waals surface area contributed by atoms with E-state index in [-0.39, 0.29) is 17.9 Å². The maximum Gasteiger partial charge on any atom is 0.324 e. The molecule has 0 atom stereocenters. The van der Waals surface area contributed by atoms with Crippen LogP contribution in [0.3, 0.4) is 0 Å². The Kier molecular flexibility index (Phi) is 8.58. The Hall–Kier alpha value is -3.29. The molecular formula is C26H33N5O7S. The highest BCUT2D eigenvalue weighted by Crippen LogP contribution is 2.35. The first-order valence-corrected chi connectivity index (χ1v) is 14.0. The van der Waals surface area contributed by atoms with Gasteiger partial charge in [0.1, 0.15) is 12.4 Å². The highest BCUT2D eigenvalue weighted by atomic mass is 32.2. The number of rotatable bonds is 9. The average molecular weight is 560 g/mol. The molecule has 39 heavy (non-hydrogen) atoms. The molecule has 2 aliphatic heterocycles. The lowest BCUT2D eigenvalue weighted by atomic mass is 10.0. The minimum Gasteiger partial charge on any atom is -0.493 e. The summed E-state index contributed by atoms with van der Waals surface area (Å²) in [4.78, 5) is 15.3. The molecule has 1 aromatic carbocycles. The Labute approximate surface area is 229 Å². The summed E-state index contributed by atoms with van der Waals surface area (Å²) in [5.41, 5.74) is 1.73. The van der Waals surface area contributed by atoms with Gasteiger partial charge in [-0.2, -0.15) is 9.19 Å². The SMILES string of the molecule is COc1cc(CC2COS(=O)OC2)ccc1Oc1ncnc(OC2CCN(c3nc(C(C)C)no3)CC2)c1C. The molecule has 2 saturated heterocycles. The highest BCUT2D eigenvalue weighted by Gasteiger charge is 2.26. The van der Waals surface area contributed by atoms with Gasteiger partial charge in [-0.1, -0.05) is 25.1 Å². The number of methoxy groups -OCH3 is 1. The summed E-state index contributed by atoms with van der Waals surface area (Å²) in [7, 11) is 1.59. The van der Waals surface area contributed by atoms with Crippen LogP contribution in [0.5, 0.6) is 23.3 Å². The van der Waals surface area contributed by atoms with Gasteiger partial charge in [-0.3, -0.25) is 8.37 Å². The number of hydrogen-bond donors (Lipinski definition) is 0. The Morgan fingerprint density at radius 1 is 1.10 bits per heavy atom. The van der Waals surface area contributed by atoms with Crippen molar-refractivity contribution in [2.24, 2.45) is 5.92 Å². The fourth-order valence-corrected chi connectivity index (χ4v) is 5.09. The summed E-state index contributed by atoms with van der Waals surface area (Å²) >= 11 is -1.65. The molecule has 0 spiro atoms. The number of nitrogens with zero attached hydrogens (tertiary/aromatic N) is 5. The second kappa shape index (κ2) is 12.3. The lowest BCUT2D eigenvalue weighted by Crippen LogP contribution is -2.38. The summed E-state index contributed by atoms with van der Waals surface area (Å²) in [6, 6.07) is 6.27. The van der Waals surface area contributed by atoms with E-state index in [1.165, 1.54) is 6.33 Å². The molecular weight excluding hydrogens is 526 g/mol. The van der Waals surface area contributed by atoms with E-state index < -0.39 is 11.4 Å². The second-order valence-corrected chi connectivity index (χ2v) is 10.8. The predicted molar refractivity (Wildman–Crippen MR) is 141 cm³/mol. The molecule has 210 valence electrons. The molecule has 0 saturated carbocycles. The molecule has 0 N–H and O–H groups in total. The van der Waals surface area contributed by atoms with Gasteiger partial charge in [0.05, 0.1) is 25.9 Å². The van der Waals surface area contributed by atoms with Crippen LogP contribution in [0.25, 0.3) is 0 Å². The monoisotopic (exact) mass is 559 g/mol. The van der Waals surface area contributed by atoms with Crippen LogP contribution in [0.15, 0.2) is 29.0 Å². The first-order valence-electron chi connectivity index (χ1n) is 13.0. The molecule has 0 bridgehead atoms. The Morgan fingerprint density at radius 3 is 2.54 bits per heavy atom. The van der Waals surface area contributed by atoms with Crippen molar-refractivity contribution in [3.63, 3.8) is 0 Å². The van der Waals surface area contributed by atoms with Gasteiger partial charge >= 0.3 is 17.4 Å². The van der Waals surface area contributed by atoms with Crippen molar-refractivity contribution in [3.05, 3.63) is 41.5 Å². The minimum atomic E-state index is -1.65. The normalized spacial score (nSPS) is 20.3. The summed E-state index contributed by atoms with van der Waals surface area (Å²) in [6.07, 6.45) is 3.71. The highest BCUT2D eigenvalue weighted by molar-refractivity contribution is 7.75. The molecule has 0 aliphatic carbocycles. The van der Waals surface area contributed by atoms with Crippen LogP contribution in [-0.4, -0.2) is 63.8 Å². The largest absolute Gasteiger partial charge is 0.493 e. The first-order chi connectivity index (χ1) is 18.9. The van der Waals surface area contributed by atoms with Gasteiger partial charge in [-0.15, -0.1) is 0 Å². The number of anilines is 1. The van der Waals surface area contributed by atoms with Gasteiger partial charge in [0.25, 0.3) is 0 Å². The standard InChI is InChI=1S/C26H33N5O7S/c1-16(2)23-29-26(38-30-23)31-9-7-20(8-10-31)36-24-17(3)25(28-15-27-24)37-21-6-5-18(12-22(21)33-4)11-19-13-34-39(32)35-14-19/h5-6,12,15-16,19-20H,7-11,13-14H2,1-4H3. The second-order valence-electron chi connectivity index (χ2n) is 9.93. The average Bonchev–Trinajstić information content (AvgIpc) is 3.44. The van der Waals surface area contributed by atoms with E-state index >= 15 is 0 Å². The van der Waals surface area contributed by atoms with Gasteiger partial charge in [0, 0.05) is 37.8 Å². The zero-order valence-electron chi connectivity index (χ0n) is 22.5. The number of benzene rings is 1. The minimum absolute atomic E-state index is 0.00539. The third kappa shape index (κ3) is 6.65. The summed E-state index contributed by atoms with van der Waals surface area (Å²) < 4.78 is 44.8. The fourth-order valence-electron chi connectivity index (χ4n) is 4.42. The third-order valence-corrected chi connectivity index (χ3v) is 7.35. The van der Waals surface area contributed by atoms with E-state index in [2.05, 4.69) is 25.0 Å². The summed E-state index contributed by atoms with van der Waals surface area (Å²) in [5, 5.41) is 4.06. The van der Waals surface area contributed by atoms with Crippen molar-refractivity contribution in [1.82, 2.24) is 20.1 Å². The molecule has 4 heterocycles. The van der Waals surface area contributed by atoms with Crippen molar-refractivity contribution < 1.29 is 31.3 Å². The van der Waals surface area contributed by atoms with Crippen molar-refractivity contribution in [3.8, 4) is 23.3 Å². The van der Waals surface area contributed by atoms with E-state index in [0.717, 1.165) is 31.5 Å². The van der Waals surface area contributed by atoms with E-state index in [0.29, 0.717) is 60.3 Å². The topological polar surface area (TPSA) is 131 Å². The van der Waals surface area contributed by atoms with Crippen LogP contribution < -0.4 is 19.1 Å². The van der Waals surface area contributed by atoms with Crippen molar-refractivity contribution in [2.45, 2.75) is 52.1 Å². The predicted octanol–water partition coefficient (Wildman–Crippen LogP) is 3.92. The quantitative estimate of drug-likeness (QED) is 0.376. The molecule has 0 radical (unpaired) electrons. The first kappa shape index (κ1) is 27.3. The molecule has 2 aromatic heterocycles. The molecule has 2 aliphatic rings. The lowest BCUT2D eigenvalue weighted by Gasteiger charge is -2.30. The molecule has 0 amide bonds. The van der Waals surface area contributed by atoms with Crippen LogP contribution in [0.4, 0.5) is 6.01 Å². The van der Waals surface area contributed by atoms with E-state index in [4.69, 9.17) is 27.1 Å². The number of ether oxygens (including phenoxy) is 3. The Balaban J connectivity index is 1.20. The zero-order valence-corrected chi connectivity index (χ0v) is 23.3. The smallest absolute Gasteiger partial charge is 0.324 e. The van der Waals surface area contributed by atoms with E-state index in [1.54, 1.807) is 7.11 Å². The van der Waals surface area contributed by atoms with Gasteiger partial charge in [-0.25, -0.2) is 9.97 Å². The maximum absolute atomic E-state index is 11.2. The number of hydrogen-bond acceptors (Lipinski definition) is 12. The maximum atomic E-state index is 11.2. The van der Waals surface area contributed by atoms with Gasteiger partial charge < -0.3 is 23.6 Å². The number of aromatic nitrogens is 4. The van der Waals surface area contributed by atoms with Crippen LogP contribution >= 0.6 is 0 Å². The number of piperidine rings is 1. The van der Waals surface area contributed by atoms with Crippen molar-refractivity contribution in [2.75, 3.05) is 38.3 Å². The Morgan fingerprint density at radius 2 is 1.85 bits per heavy atom. The van der Waals surface area contributed by atoms with Crippen molar-refractivity contribution >= 4 is 17.4 Å². The third-order valence-electron chi connectivity index (χ3n) is 6.69. The molecule has 3 aromatic rings. The van der Waals surface area contributed by atoms with Crippen LogP contribution in [0.1, 0.15) is 49.6 Å². The molecule has 0 unspecified atom stereocenters. The van der Waals surface area contributed by atoms with Crippen LogP contribution in [0.2, 0.25) is 0 Å². The summed E-state index contributed by atoms with van der Waals surface area (Å²) in [5.74, 6) is 3.03. The molecule has 2 fully saturated rings. The lowest BCUT2D eigenvalue weighted by molar-refractivity contribution is 0.124. The molecule has 12 nitrogen and oxygen atoms in total. The van der Waals surface area contributed by atoms with E-state index in [9.17, 15) is 4.21 Å². The molecule has 13 heteroatoms. The fraction of sp³-hybridized carbons (Fsp3) is 0.538. The Bertz CT molecular complexity index is 1290. The van der Waals surface area contributed by atoms with Gasteiger partial charge in [-0.05, 0) is 31.0 Å². The van der Waals surface area contributed by atoms with Crippen molar-refractivity contribution in [1.29, 1.82) is 0 Å². The summed E-state index contributed by atoms with van der Waals surface area (Å²) in [6.45, 7) is 8.21. The van der Waals surface area contributed by atoms with E-state index in [1.807, 2.05) is 39.0 Å². The van der Waals surface area contributed by atoms with Gasteiger partial charge in [0.2, 0.25) is 11.8 Å². The van der Waals surface area contributed by atoms with Crippen LogP contribution in [-0.2, 0) is 26.1 Å². The van der Waals surface area contributed by atoms with Gasteiger partial charge in [0.15, 0.2) is 17.3 Å². The van der Waals surface area contributed by atoms with Crippen LogP contribution in [0, 0.1) is 12.8 Å². The zero-order chi connectivity index (χ0) is 27.4.